The third-order valence-corrected chi connectivity index (χ3v) is 10.2. The first kappa shape index (κ1) is 28.4. The number of benzene rings is 3. The number of nitrogens with zero attached hydrogens (tertiary/aromatic N) is 3. The number of rotatable bonds is 9. The summed E-state index contributed by atoms with van der Waals surface area (Å²) in [7, 11) is -5.01. The summed E-state index contributed by atoms with van der Waals surface area (Å²) in [5.74, 6) is 0.177. The molecule has 39 heavy (non-hydrogen) atoms. The minimum Gasteiger partial charge on any atom is -0.493 e. The molecule has 12 heteroatoms. The molecular formula is C27H31N3O7S2. The highest BCUT2D eigenvalue weighted by molar-refractivity contribution is 7.92. The molecule has 0 spiro atoms. The van der Waals surface area contributed by atoms with Crippen LogP contribution in [0.4, 0.5) is 5.69 Å². The van der Waals surface area contributed by atoms with Gasteiger partial charge in [-0.05, 0) is 43.3 Å². The van der Waals surface area contributed by atoms with Crippen LogP contribution in [0.5, 0.6) is 11.5 Å². The molecule has 0 unspecified atom stereocenters. The molecule has 1 aliphatic rings. The molecule has 1 heterocycles. The fourth-order valence-corrected chi connectivity index (χ4v) is 7.13. The van der Waals surface area contributed by atoms with Gasteiger partial charge in [-0.1, -0.05) is 35.9 Å². The molecule has 3 aromatic rings. The Hall–Kier alpha value is -3.61. The van der Waals surface area contributed by atoms with Crippen molar-refractivity contribution >= 4 is 31.6 Å². The number of hydrogen-bond acceptors (Lipinski definition) is 7. The predicted molar refractivity (Wildman–Crippen MR) is 147 cm³/mol. The maximum Gasteiger partial charge on any atom is 0.264 e. The smallest absolute Gasteiger partial charge is 0.264 e. The van der Waals surface area contributed by atoms with Crippen LogP contribution in [0.3, 0.4) is 0 Å². The molecule has 1 saturated heterocycles. The van der Waals surface area contributed by atoms with E-state index in [9.17, 15) is 21.6 Å². The van der Waals surface area contributed by atoms with Gasteiger partial charge in [-0.3, -0.25) is 9.10 Å². The number of aryl methyl sites for hydroxylation is 1. The molecule has 10 nitrogen and oxygen atoms in total. The van der Waals surface area contributed by atoms with Crippen molar-refractivity contribution in [3.63, 3.8) is 0 Å². The van der Waals surface area contributed by atoms with E-state index in [0.717, 1.165) is 9.87 Å². The lowest BCUT2D eigenvalue weighted by Gasteiger charge is -2.35. The monoisotopic (exact) mass is 573 g/mol. The minimum absolute atomic E-state index is 0.0641. The third-order valence-electron chi connectivity index (χ3n) is 6.52. The number of anilines is 1. The van der Waals surface area contributed by atoms with Gasteiger partial charge in [0.2, 0.25) is 15.9 Å². The average molecular weight is 574 g/mol. The Morgan fingerprint density at radius 3 is 1.97 bits per heavy atom. The highest BCUT2D eigenvalue weighted by Crippen LogP contribution is 2.32. The maximum absolute atomic E-state index is 13.8. The lowest BCUT2D eigenvalue weighted by molar-refractivity contribution is -0.130. The molecule has 208 valence electrons. The number of piperazine rings is 1. The topological polar surface area (TPSA) is 114 Å². The zero-order valence-corrected chi connectivity index (χ0v) is 23.6. The molecule has 0 radical (unpaired) electrons. The van der Waals surface area contributed by atoms with Gasteiger partial charge in [-0.25, -0.2) is 16.8 Å². The normalized spacial score (nSPS) is 14.6. The van der Waals surface area contributed by atoms with Crippen molar-refractivity contribution in [2.24, 2.45) is 0 Å². The van der Waals surface area contributed by atoms with Crippen LogP contribution in [0.25, 0.3) is 0 Å². The second kappa shape index (κ2) is 11.6. The van der Waals surface area contributed by atoms with Crippen molar-refractivity contribution in [1.29, 1.82) is 0 Å². The van der Waals surface area contributed by atoms with E-state index >= 15 is 0 Å². The maximum atomic E-state index is 13.8. The van der Waals surface area contributed by atoms with E-state index < -0.39 is 32.5 Å². The number of sulfonamides is 2. The Bertz CT molecular complexity index is 1520. The fraction of sp³-hybridized carbons (Fsp3) is 0.296. The van der Waals surface area contributed by atoms with Gasteiger partial charge in [0.1, 0.15) is 6.54 Å². The van der Waals surface area contributed by atoms with Crippen molar-refractivity contribution in [1.82, 2.24) is 9.21 Å². The Morgan fingerprint density at radius 2 is 1.38 bits per heavy atom. The van der Waals surface area contributed by atoms with Crippen LogP contribution in [-0.4, -0.2) is 78.9 Å². The van der Waals surface area contributed by atoms with Gasteiger partial charge >= 0.3 is 0 Å². The second-order valence-corrected chi connectivity index (χ2v) is 12.8. The number of ether oxygens (including phenoxy) is 2. The number of carbonyl (C=O) groups is 1. The Morgan fingerprint density at radius 1 is 0.795 bits per heavy atom. The number of amides is 1. The van der Waals surface area contributed by atoms with Crippen LogP contribution in [0.2, 0.25) is 0 Å². The molecule has 0 saturated carbocycles. The van der Waals surface area contributed by atoms with E-state index in [0.29, 0.717) is 11.4 Å². The summed E-state index contributed by atoms with van der Waals surface area (Å²) in [5.41, 5.74) is 1.27. The molecule has 0 aliphatic carbocycles. The summed E-state index contributed by atoms with van der Waals surface area (Å²) in [6.45, 7) is 1.92. The minimum atomic E-state index is -4.18. The average Bonchev–Trinajstić information content (AvgIpc) is 2.96. The second-order valence-electron chi connectivity index (χ2n) is 8.96. The van der Waals surface area contributed by atoms with Crippen molar-refractivity contribution < 1.29 is 31.1 Å². The first-order valence-corrected chi connectivity index (χ1v) is 15.1. The molecule has 3 aromatic carbocycles. The van der Waals surface area contributed by atoms with Crippen molar-refractivity contribution in [2.45, 2.75) is 16.7 Å². The first-order chi connectivity index (χ1) is 18.6. The summed E-state index contributed by atoms with van der Waals surface area (Å²) in [6.07, 6.45) is 0. The van der Waals surface area contributed by atoms with Crippen LogP contribution < -0.4 is 13.8 Å². The molecular weight excluding hydrogens is 542 g/mol. The SMILES string of the molecule is COc1ccc(S(=O)(=O)N(CC(=O)N2CCN(S(=O)(=O)c3ccc(C)cc3)CC2)c2ccccc2)cc1OC. The van der Waals surface area contributed by atoms with Crippen LogP contribution >= 0.6 is 0 Å². The fourth-order valence-electron chi connectivity index (χ4n) is 4.27. The van der Waals surface area contributed by atoms with E-state index in [4.69, 9.17) is 9.47 Å². The Kier molecular flexibility index (Phi) is 8.48. The van der Waals surface area contributed by atoms with Crippen LogP contribution in [-0.2, 0) is 24.8 Å². The third kappa shape index (κ3) is 6.02. The summed E-state index contributed by atoms with van der Waals surface area (Å²) < 4.78 is 66.5. The van der Waals surface area contributed by atoms with Gasteiger partial charge in [0, 0.05) is 32.2 Å². The van der Waals surface area contributed by atoms with Gasteiger partial charge in [0.25, 0.3) is 10.0 Å². The highest BCUT2D eigenvalue weighted by atomic mass is 32.2. The highest BCUT2D eigenvalue weighted by Gasteiger charge is 2.33. The quantitative estimate of drug-likeness (QED) is 0.387. The molecule has 0 bridgehead atoms. The molecule has 0 N–H and O–H groups in total. The molecule has 4 rings (SSSR count). The van der Waals surface area contributed by atoms with E-state index in [1.165, 1.54) is 41.6 Å². The zero-order valence-electron chi connectivity index (χ0n) is 22.0. The Balaban J connectivity index is 1.54. The van der Waals surface area contributed by atoms with Gasteiger partial charge in [0.05, 0.1) is 29.7 Å². The number of para-hydroxylation sites is 1. The number of methoxy groups -OCH3 is 2. The van der Waals surface area contributed by atoms with Crippen molar-refractivity contribution in [3.8, 4) is 11.5 Å². The summed E-state index contributed by atoms with van der Waals surface area (Å²) >= 11 is 0. The number of carbonyl (C=O) groups excluding carboxylic acids is 1. The van der Waals surface area contributed by atoms with Crippen LogP contribution in [0, 0.1) is 6.92 Å². The molecule has 0 atom stereocenters. The van der Waals surface area contributed by atoms with Gasteiger partial charge in [-0.15, -0.1) is 0 Å². The van der Waals surface area contributed by atoms with Gasteiger partial charge < -0.3 is 14.4 Å². The lowest BCUT2D eigenvalue weighted by atomic mass is 10.2. The molecule has 0 aromatic heterocycles. The van der Waals surface area contributed by atoms with E-state index in [1.54, 1.807) is 54.6 Å². The van der Waals surface area contributed by atoms with Gasteiger partial charge in [0.15, 0.2) is 11.5 Å². The van der Waals surface area contributed by atoms with E-state index in [-0.39, 0.29) is 41.7 Å². The van der Waals surface area contributed by atoms with Crippen molar-refractivity contribution in [2.75, 3.05) is 51.2 Å². The predicted octanol–water partition coefficient (Wildman–Crippen LogP) is 2.74. The van der Waals surface area contributed by atoms with Gasteiger partial charge in [-0.2, -0.15) is 4.31 Å². The number of hydrogen-bond donors (Lipinski definition) is 0. The van der Waals surface area contributed by atoms with Crippen LogP contribution in [0.1, 0.15) is 5.56 Å². The lowest BCUT2D eigenvalue weighted by Crippen LogP contribution is -2.53. The van der Waals surface area contributed by atoms with Crippen molar-refractivity contribution in [3.05, 3.63) is 78.4 Å². The standard InChI is InChI=1S/C27H31N3O7S2/c1-21-9-11-23(12-10-21)38(32,33)29-17-15-28(16-18-29)27(31)20-30(22-7-5-4-6-8-22)39(34,35)24-13-14-25(36-2)26(19-24)37-3/h4-14,19H,15-18,20H2,1-3H3. The summed E-state index contributed by atoms with van der Waals surface area (Å²) in [5, 5.41) is 0. The molecule has 1 fully saturated rings. The van der Waals surface area contributed by atoms with Crippen LogP contribution in [0.15, 0.2) is 82.6 Å². The van der Waals surface area contributed by atoms with E-state index in [1.807, 2.05) is 6.92 Å². The molecule has 1 amide bonds. The Labute approximate surface area is 229 Å². The molecule has 1 aliphatic heterocycles. The summed E-state index contributed by atoms with van der Waals surface area (Å²) in [4.78, 5) is 15.0. The van der Waals surface area contributed by atoms with E-state index in [2.05, 4.69) is 0 Å². The zero-order chi connectivity index (χ0) is 28.2. The summed E-state index contributed by atoms with van der Waals surface area (Å²) in [6, 6.07) is 19.2. The first-order valence-electron chi connectivity index (χ1n) is 12.2. The largest absolute Gasteiger partial charge is 0.493 e.